The van der Waals surface area contributed by atoms with Gasteiger partial charge in [0.25, 0.3) is 0 Å². The maximum absolute atomic E-state index is 13.8. The summed E-state index contributed by atoms with van der Waals surface area (Å²) in [5, 5.41) is 23.4. The molecule has 0 bridgehead atoms. The lowest BCUT2D eigenvalue weighted by molar-refractivity contribution is -0.158. The van der Waals surface area contributed by atoms with Gasteiger partial charge in [-0.1, -0.05) is 75.0 Å². The Hall–Kier alpha value is -1.45. The number of ketones is 1. The van der Waals surface area contributed by atoms with Crippen LogP contribution in [0.2, 0.25) is 0 Å². The molecule has 0 aromatic carbocycles. The van der Waals surface area contributed by atoms with Gasteiger partial charge in [-0.15, -0.1) is 0 Å². The third kappa shape index (κ3) is 3.48. The van der Waals surface area contributed by atoms with E-state index in [-0.39, 0.29) is 11.8 Å². The fourth-order valence-corrected chi connectivity index (χ4v) is 6.08. The van der Waals surface area contributed by atoms with Gasteiger partial charge in [0.1, 0.15) is 0 Å². The molecule has 3 heteroatoms. The second kappa shape index (κ2) is 8.12. The molecular weight excluding hydrogens is 348 g/mol. The molecule has 0 aromatic rings. The van der Waals surface area contributed by atoms with Gasteiger partial charge in [-0.25, -0.2) is 0 Å². The number of aliphatic hydroxyl groups is 2. The number of Topliss-reactive ketones (excluding diaryl/α,β-unsaturated/α-hetero) is 1. The lowest BCUT2D eigenvalue weighted by Crippen LogP contribution is -2.60. The smallest absolute Gasteiger partial charge is 0.204 e. The van der Waals surface area contributed by atoms with E-state index in [1.807, 2.05) is 24.3 Å². The zero-order valence-electron chi connectivity index (χ0n) is 16.8. The van der Waals surface area contributed by atoms with E-state index < -0.39 is 17.0 Å². The molecule has 0 amide bonds. The third-order valence-corrected chi connectivity index (χ3v) is 7.62. The van der Waals surface area contributed by atoms with Crippen LogP contribution in [0.4, 0.5) is 0 Å². The predicted molar refractivity (Wildman–Crippen MR) is 112 cm³/mol. The largest absolute Gasteiger partial charge is 0.377 e. The first-order valence-corrected chi connectivity index (χ1v) is 11.3. The summed E-state index contributed by atoms with van der Waals surface area (Å²) < 4.78 is 0. The fourth-order valence-electron chi connectivity index (χ4n) is 6.08. The van der Waals surface area contributed by atoms with Crippen molar-refractivity contribution in [2.75, 3.05) is 0 Å². The molecule has 0 spiro atoms. The van der Waals surface area contributed by atoms with E-state index in [1.54, 1.807) is 24.3 Å². The molecule has 2 saturated carbocycles. The van der Waals surface area contributed by atoms with Gasteiger partial charge in [-0.05, 0) is 49.7 Å². The summed E-state index contributed by atoms with van der Waals surface area (Å²) in [6.45, 7) is 0. The van der Waals surface area contributed by atoms with Crippen LogP contribution in [0.25, 0.3) is 0 Å². The highest BCUT2D eigenvalue weighted by atomic mass is 16.3. The summed E-state index contributed by atoms with van der Waals surface area (Å²) >= 11 is 0. The van der Waals surface area contributed by atoms with Gasteiger partial charge in [-0.3, -0.25) is 4.79 Å². The first-order valence-electron chi connectivity index (χ1n) is 11.3. The molecule has 152 valence electrons. The summed E-state index contributed by atoms with van der Waals surface area (Å²) in [6, 6.07) is 0. The molecule has 0 heterocycles. The summed E-state index contributed by atoms with van der Waals surface area (Å²) in [5.41, 5.74) is -3.26. The Balaban J connectivity index is 1.64. The Morgan fingerprint density at radius 2 is 1.04 bits per heavy atom. The fraction of sp³-hybridized carbons (Fsp3) is 0.640. The molecule has 0 saturated heterocycles. The highest BCUT2D eigenvalue weighted by Crippen LogP contribution is 2.45. The summed E-state index contributed by atoms with van der Waals surface area (Å²) in [6.07, 6.45) is 25.9. The highest BCUT2D eigenvalue weighted by molar-refractivity contribution is 5.99. The van der Waals surface area contributed by atoms with Crippen LogP contribution in [0, 0.1) is 23.7 Å². The van der Waals surface area contributed by atoms with Crippen molar-refractivity contribution in [3.05, 3.63) is 48.6 Å². The highest BCUT2D eigenvalue weighted by Gasteiger charge is 2.56. The second-order valence-corrected chi connectivity index (χ2v) is 9.32. The Morgan fingerprint density at radius 3 is 1.43 bits per heavy atom. The van der Waals surface area contributed by atoms with Gasteiger partial charge in [0, 0.05) is 11.8 Å². The zero-order chi connectivity index (χ0) is 19.6. The van der Waals surface area contributed by atoms with Crippen LogP contribution in [0.5, 0.6) is 0 Å². The maximum atomic E-state index is 13.8. The Bertz CT molecular complexity index is 633. The lowest BCUT2D eigenvalue weighted by atomic mass is 9.61. The number of carbonyl (C=O) groups is 1. The van der Waals surface area contributed by atoms with Gasteiger partial charge in [-0.2, -0.15) is 0 Å². The Morgan fingerprint density at radius 1 is 0.643 bits per heavy atom. The third-order valence-electron chi connectivity index (χ3n) is 7.62. The van der Waals surface area contributed by atoms with Crippen molar-refractivity contribution < 1.29 is 15.0 Å². The number of hydrogen-bond donors (Lipinski definition) is 2. The molecule has 0 aliphatic heterocycles. The van der Waals surface area contributed by atoms with Crippen molar-refractivity contribution >= 4 is 5.78 Å². The van der Waals surface area contributed by atoms with Crippen LogP contribution >= 0.6 is 0 Å². The molecule has 2 fully saturated rings. The van der Waals surface area contributed by atoms with Crippen molar-refractivity contribution in [2.24, 2.45) is 23.7 Å². The number of hydrogen-bond acceptors (Lipinski definition) is 3. The zero-order valence-corrected chi connectivity index (χ0v) is 16.8. The first kappa shape index (κ1) is 19.8. The quantitative estimate of drug-likeness (QED) is 0.743. The predicted octanol–water partition coefficient (Wildman–Crippen LogP) is 4.66. The van der Waals surface area contributed by atoms with Crippen molar-refractivity contribution in [3.63, 3.8) is 0 Å². The average Bonchev–Trinajstić information content (AvgIpc) is 2.75. The Labute approximate surface area is 168 Å². The van der Waals surface area contributed by atoms with Crippen LogP contribution in [0.15, 0.2) is 48.6 Å². The monoisotopic (exact) mass is 382 g/mol. The van der Waals surface area contributed by atoms with Crippen LogP contribution < -0.4 is 0 Å². The minimum atomic E-state index is -1.63. The minimum absolute atomic E-state index is 0.249. The molecule has 4 aliphatic carbocycles. The number of carbonyl (C=O) groups excluding carboxylic acids is 1. The molecule has 28 heavy (non-hydrogen) atoms. The normalized spacial score (nSPS) is 39.4. The van der Waals surface area contributed by atoms with Gasteiger partial charge >= 0.3 is 0 Å². The van der Waals surface area contributed by atoms with E-state index in [9.17, 15) is 15.0 Å². The topological polar surface area (TPSA) is 57.5 Å². The molecule has 4 aliphatic rings. The molecule has 4 atom stereocenters. The van der Waals surface area contributed by atoms with Crippen LogP contribution in [0.1, 0.15) is 64.2 Å². The molecule has 4 rings (SSSR count). The molecule has 2 N–H and O–H groups in total. The van der Waals surface area contributed by atoms with Crippen molar-refractivity contribution in [1.29, 1.82) is 0 Å². The average molecular weight is 383 g/mol. The van der Waals surface area contributed by atoms with Crippen molar-refractivity contribution in [1.82, 2.24) is 0 Å². The molecule has 0 radical (unpaired) electrons. The first-order chi connectivity index (χ1) is 13.6. The van der Waals surface area contributed by atoms with E-state index in [0.717, 1.165) is 51.4 Å². The van der Waals surface area contributed by atoms with Gasteiger partial charge in [0.2, 0.25) is 5.78 Å². The molecule has 4 unspecified atom stereocenters. The van der Waals surface area contributed by atoms with Crippen LogP contribution in [0.3, 0.4) is 0 Å². The summed E-state index contributed by atoms with van der Waals surface area (Å²) in [5.74, 6) is -0.346. The van der Waals surface area contributed by atoms with E-state index in [2.05, 4.69) is 0 Å². The number of allylic oxidation sites excluding steroid dienone is 4. The SMILES string of the molecule is O=C(C1(O)C=CC=CC1C1CCCCC1)C1(O)C=CC=CC1C1CCCCC1. The van der Waals surface area contributed by atoms with Crippen LogP contribution in [-0.4, -0.2) is 27.2 Å². The van der Waals surface area contributed by atoms with Crippen molar-refractivity contribution in [3.8, 4) is 0 Å². The van der Waals surface area contributed by atoms with Gasteiger partial charge in [0.05, 0.1) is 0 Å². The van der Waals surface area contributed by atoms with Crippen LogP contribution in [-0.2, 0) is 4.79 Å². The Kier molecular flexibility index (Phi) is 5.76. The standard InChI is InChI=1S/C25H34O3/c26-23(24(27)17-9-7-15-21(24)19-11-3-1-4-12-19)25(28)18-10-8-16-22(25)20-13-5-2-6-14-20/h7-10,15-22,27-28H,1-6,11-14H2. The van der Waals surface area contributed by atoms with Gasteiger partial charge in [0.15, 0.2) is 11.2 Å². The molecule has 0 aromatic heterocycles. The summed E-state index contributed by atoms with van der Waals surface area (Å²) in [4.78, 5) is 13.8. The minimum Gasteiger partial charge on any atom is -0.377 e. The van der Waals surface area contributed by atoms with E-state index in [4.69, 9.17) is 0 Å². The summed E-state index contributed by atoms with van der Waals surface area (Å²) in [7, 11) is 0. The second-order valence-electron chi connectivity index (χ2n) is 9.32. The van der Waals surface area contributed by atoms with E-state index in [0.29, 0.717) is 11.8 Å². The van der Waals surface area contributed by atoms with Crippen molar-refractivity contribution in [2.45, 2.75) is 75.4 Å². The molecule has 3 nitrogen and oxygen atoms in total. The van der Waals surface area contributed by atoms with E-state index >= 15 is 0 Å². The maximum Gasteiger partial charge on any atom is 0.204 e. The molecular formula is C25H34O3. The van der Waals surface area contributed by atoms with E-state index in [1.165, 1.54) is 12.8 Å². The lowest BCUT2D eigenvalue weighted by Gasteiger charge is -2.46. The van der Waals surface area contributed by atoms with Gasteiger partial charge < -0.3 is 10.2 Å². The number of rotatable bonds is 4.